The number of aryl methyl sites for hydroxylation is 1. The van der Waals surface area contributed by atoms with E-state index in [1.807, 2.05) is 13.8 Å². The maximum absolute atomic E-state index is 12.7. The normalized spacial score (nSPS) is 18.5. The molecule has 0 saturated carbocycles. The summed E-state index contributed by atoms with van der Waals surface area (Å²) in [6, 6.07) is 0.713. The molecule has 0 aliphatic carbocycles. The average molecular weight is 354 g/mol. The first kappa shape index (κ1) is 18.4. The summed E-state index contributed by atoms with van der Waals surface area (Å²) < 4.78 is 5.42. The van der Waals surface area contributed by atoms with Crippen LogP contribution in [-0.4, -0.2) is 51.5 Å². The van der Waals surface area contributed by atoms with Gasteiger partial charge in [0.1, 0.15) is 17.4 Å². The summed E-state index contributed by atoms with van der Waals surface area (Å²) in [6.07, 6.45) is 1.18. The Morgan fingerprint density at radius 1 is 1.46 bits per heavy atom. The van der Waals surface area contributed by atoms with Gasteiger partial charge in [0.2, 0.25) is 5.91 Å². The van der Waals surface area contributed by atoms with E-state index in [0.29, 0.717) is 18.1 Å². The van der Waals surface area contributed by atoms with E-state index in [1.165, 1.54) is 22.7 Å². The molecule has 2 amide bonds. The molecule has 24 heavy (non-hydrogen) atoms. The number of nitrogens with zero attached hydrogens (tertiary/aromatic N) is 1. The van der Waals surface area contributed by atoms with Crippen molar-refractivity contribution in [2.45, 2.75) is 45.7 Å². The van der Waals surface area contributed by atoms with Crippen molar-refractivity contribution >= 4 is 29.5 Å². The Bertz CT molecular complexity index is 642. The molecule has 0 spiro atoms. The highest BCUT2D eigenvalue weighted by atomic mass is 32.2. The number of carbonyl (C=O) groups is 3. The zero-order valence-corrected chi connectivity index (χ0v) is 14.8. The minimum atomic E-state index is -1.13. The molecule has 8 heteroatoms. The third kappa shape index (κ3) is 3.75. The van der Waals surface area contributed by atoms with Crippen LogP contribution in [0.1, 0.15) is 53.9 Å². The van der Waals surface area contributed by atoms with Crippen LogP contribution >= 0.6 is 11.8 Å². The van der Waals surface area contributed by atoms with E-state index in [-0.39, 0.29) is 29.0 Å². The Hall–Kier alpha value is -1.96. The largest absolute Gasteiger partial charge is 0.478 e. The first-order valence-electron chi connectivity index (χ1n) is 7.94. The smallest absolute Gasteiger partial charge is 0.339 e. The maximum Gasteiger partial charge on any atom is 0.339 e. The summed E-state index contributed by atoms with van der Waals surface area (Å²) in [5.41, 5.74) is -0.00620. The van der Waals surface area contributed by atoms with Crippen molar-refractivity contribution in [1.29, 1.82) is 0 Å². The molecule has 2 N–H and O–H groups in total. The lowest BCUT2D eigenvalue weighted by Gasteiger charge is -2.23. The van der Waals surface area contributed by atoms with Gasteiger partial charge in [0.05, 0.1) is 5.88 Å². The molecule has 1 aliphatic rings. The minimum Gasteiger partial charge on any atom is -0.478 e. The maximum atomic E-state index is 12.7. The monoisotopic (exact) mass is 354 g/mol. The summed E-state index contributed by atoms with van der Waals surface area (Å²) >= 11 is 1.49. The van der Waals surface area contributed by atoms with Crippen LogP contribution in [0.5, 0.6) is 0 Å². The quantitative estimate of drug-likeness (QED) is 0.810. The lowest BCUT2D eigenvalue weighted by Crippen LogP contribution is -2.49. The van der Waals surface area contributed by atoms with Crippen LogP contribution in [0.15, 0.2) is 10.5 Å². The molecular weight excluding hydrogens is 332 g/mol. The molecule has 7 nitrogen and oxygen atoms in total. The van der Waals surface area contributed by atoms with Crippen molar-refractivity contribution in [2.24, 2.45) is 0 Å². The fourth-order valence-corrected chi connectivity index (χ4v) is 3.57. The van der Waals surface area contributed by atoms with Gasteiger partial charge in [-0.3, -0.25) is 9.59 Å². The number of rotatable bonds is 6. The number of aromatic carboxylic acids is 1. The number of thioether (sulfide) groups is 1. The highest BCUT2D eigenvalue weighted by molar-refractivity contribution is 7.99. The number of hydrogen-bond acceptors (Lipinski definition) is 5. The van der Waals surface area contributed by atoms with Gasteiger partial charge in [-0.15, -0.1) is 11.8 Å². The van der Waals surface area contributed by atoms with Crippen molar-refractivity contribution in [3.05, 3.63) is 23.2 Å². The van der Waals surface area contributed by atoms with Crippen LogP contribution in [0, 0.1) is 0 Å². The topological polar surface area (TPSA) is 99.9 Å². The van der Waals surface area contributed by atoms with Crippen LogP contribution in [0.3, 0.4) is 0 Å². The summed E-state index contributed by atoms with van der Waals surface area (Å²) in [4.78, 5) is 37.7. The highest BCUT2D eigenvalue weighted by Crippen LogP contribution is 2.25. The van der Waals surface area contributed by atoms with Crippen LogP contribution in [-0.2, 0) is 11.2 Å². The van der Waals surface area contributed by atoms with Crippen LogP contribution in [0.25, 0.3) is 0 Å². The standard InChI is InChI=1S/C16H22N2O5S/c1-4-9(3)17-14(19)11-7-24-8-18(11)15(20)13-6-10(16(21)22)12(5-2)23-13/h6,9,11H,4-5,7-8H2,1-3H3,(H,17,19)(H,21,22). The number of furan rings is 1. The highest BCUT2D eigenvalue weighted by Gasteiger charge is 2.37. The SMILES string of the molecule is CCc1oc(C(=O)N2CSCC2C(=O)NC(C)CC)cc1C(=O)O. The molecular formula is C16H22N2O5S. The Balaban J connectivity index is 2.19. The summed E-state index contributed by atoms with van der Waals surface area (Å²) in [7, 11) is 0. The molecule has 1 fully saturated rings. The molecule has 1 aromatic heterocycles. The second-order valence-electron chi connectivity index (χ2n) is 5.71. The predicted octanol–water partition coefficient (Wildman–Crippen LogP) is 1.97. The fourth-order valence-electron chi connectivity index (χ4n) is 2.42. The third-order valence-electron chi connectivity index (χ3n) is 4.02. The van der Waals surface area contributed by atoms with E-state index in [4.69, 9.17) is 4.42 Å². The first-order chi connectivity index (χ1) is 11.4. The molecule has 1 aromatic rings. The van der Waals surface area contributed by atoms with Gasteiger partial charge in [-0.25, -0.2) is 4.79 Å². The molecule has 2 heterocycles. The number of carboxylic acids is 1. The van der Waals surface area contributed by atoms with Gasteiger partial charge >= 0.3 is 5.97 Å². The van der Waals surface area contributed by atoms with E-state index < -0.39 is 17.9 Å². The van der Waals surface area contributed by atoms with Crippen molar-refractivity contribution in [1.82, 2.24) is 10.2 Å². The van der Waals surface area contributed by atoms with E-state index in [2.05, 4.69) is 5.32 Å². The lowest BCUT2D eigenvalue weighted by molar-refractivity contribution is -0.125. The van der Waals surface area contributed by atoms with Crippen molar-refractivity contribution in [3.63, 3.8) is 0 Å². The third-order valence-corrected chi connectivity index (χ3v) is 5.03. The van der Waals surface area contributed by atoms with Crippen molar-refractivity contribution < 1.29 is 23.9 Å². The van der Waals surface area contributed by atoms with E-state index in [0.717, 1.165) is 6.42 Å². The van der Waals surface area contributed by atoms with Crippen LogP contribution in [0.2, 0.25) is 0 Å². The zero-order valence-electron chi connectivity index (χ0n) is 14.0. The molecule has 0 bridgehead atoms. The van der Waals surface area contributed by atoms with Gasteiger partial charge in [0.15, 0.2) is 5.76 Å². The van der Waals surface area contributed by atoms with E-state index in [9.17, 15) is 19.5 Å². The Morgan fingerprint density at radius 2 is 2.17 bits per heavy atom. The number of carbonyl (C=O) groups excluding carboxylic acids is 2. The Kier molecular flexibility index (Phi) is 5.93. The predicted molar refractivity (Wildman–Crippen MR) is 90.2 cm³/mol. The van der Waals surface area contributed by atoms with Gasteiger partial charge in [0, 0.05) is 24.3 Å². The van der Waals surface area contributed by atoms with Gasteiger partial charge in [-0.2, -0.15) is 0 Å². The average Bonchev–Trinajstić information content (AvgIpc) is 3.20. The minimum absolute atomic E-state index is 0.00620. The molecule has 1 saturated heterocycles. The summed E-state index contributed by atoms with van der Waals surface area (Å²) in [6.45, 7) is 5.64. The summed E-state index contributed by atoms with van der Waals surface area (Å²) in [5, 5.41) is 12.1. The van der Waals surface area contributed by atoms with E-state index in [1.54, 1.807) is 6.92 Å². The first-order valence-corrected chi connectivity index (χ1v) is 9.09. The second kappa shape index (κ2) is 7.74. The molecule has 2 rings (SSSR count). The number of carboxylic acid groups (broad SMARTS) is 1. The summed E-state index contributed by atoms with van der Waals surface area (Å²) in [5.74, 6) is -0.652. The Labute approximate surface area is 144 Å². The van der Waals surface area contributed by atoms with Crippen LogP contribution in [0.4, 0.5) is 0 Å². The van der Waals surface area contributed by atoms with Gasteiger partial charge < -0.3 is 19.7 Å². The number of hydrogen-bond donors (Lipinski definition) is 2. The van der Waals surface area contributed by atoms with Crippen molar-refractivity contribution in [2.75, 3.05) is 11.6 Å². The van der Waals surface area contributed by atoms with Gasteiger partial charge in [-0.1, -0.05) is 13.8 Å². The molecule has 2 atom stereocenters. The zero-order chi connectivity index (χ0) is 17.9. The number of nitrogens with one attached hydrogen (secondary N) is 1. The van der Waals surface area contributed by atoms with Crippen molar-refractivity contribution in [3.8, 4) is 0 Å². The van der Waals surface area contributed by atoms with E-state index >= 15 is 0 Å². The number of amides is 2. The lowest BCUT2D eigenvalue weighted by atomic mass is 10.2. The van der Waals surface area contributed by atoms with Gasteiger partial charge in [0.25, 0.3) is 5.91 Å². The van der Waals surface area contributed by atoms with Crippen LogP contribution < -0.4 is 5.32 Å². The fraction of sp³-hybridized carbons (Fsp3) is 0.562. The van der Waals surface area contributed by atoms with Gasteiger partial charge in [-0.05, 0) is 13.3 Å². The molecule has 0 aromatic carbocycles. The second-order valence-corrected chi connectivity index (χ2v) is 6.71. The Morgan fingerprint density at radius 3 is 2.71 bits per heavy atom. The molecule has 132 valence electrons. The molecule has 2 unspecified atom stereocenters. The molecule has 0 radical (unpaired) electrons. The molecule has 1 aliphatic heterocycles.